The van der Waals surface area contributed by atoms with Gasteiger partial charge in [0.2, 0.25) is 0 Å². The number of nitrogens with zero attached hydrogens (tertiary/aromatic N) is 1. The molecular weight excluding hydrogens is 550 g/mol. The Kier molecular flexibility index (Phi) is 21.0. The van der Waals surface area contributed by atoms with Gasteiger partial charge in [0, 0.05) is 24.3 Å². The fourth-order valence-electron chi connectivity index (χ4n) is 6.19. The minimum absolute atomic E-state index is 0.317. The van der Waals surface area contributed by atoms with Gasteiger partial charge < -0.3 is 20.4 Å². The van der Waals surface area contributed by atoms with E-state index in [9.17, 15) is 0 Å². The highest BCUT2D eigenvalue weighted by molar-refractivity contribution is 5.65. The second-order valence-corrected chi connectivity index (χ2v) is 12.0. The van der Waals surface area contributed by atoms with E-state index in [1.807, 2.05) is 44.2 Å². The van der Waals surface area contributed by atoms with Crippen molar-refractivity contribution in [2.24, 2.45) is 5.92 Å². The van der Waals surface area contributed by atoms with Crippen LogP contribution in [0.15, 0.2) is 71.8 Å². The zero-order valence-corrected chi connectivity index (χ0v) is 30.3. The average molecular weight is 618 g/mol. The molecule has 2 fully saturated rings. The molecular formula is C41H67N3O. The molecule has 1 saturated heterocycles. The molecule has 1 aliphatic carbocycles. The van der Waals surface area contributed by atoms with E-state index in [-0.39, 0.29) is 0 Å². The molecule has 0 bridgehead atoms. The molecule has 2 N–H and O–H groups in total. The van der Waals surface area contributed by atoms with Crippen molar-refractivity contribution in [3.05, 3.63) is 77.4 Å². The van der Waals surface area contributed by atoms with Crippen LogP contribution in [0.2, 0.25) is 0 Å². The first kappa shape index (κ1) is 40.2. The zero-order valence-electron chi connectivity index (χ0n) is 30.3. The van der Waals surface area contributed by atoms with Gasteiger partial charge in [-0.25, -0.2) is 0 Å². The lowest BCUT2D eigenvalue weighted by atomic mass is 9.80. The van der Waals surface area contributed by atoms with Gasteiger partial charge >= 0.3 is 0 Å². The van der Waals surface area contributed by atoms with E-state index in [0.717, 1.165) is 23.8 Å². The van der Waals surface area contributed by atoms with Gasteiger partial charge in [0.1, 0.15) is 11.5 Å². The Morgan fingerprint density at radius 2 is 1.42 bits per heavy atom. The molecule has 2 aromatic rings. The predicted molar refractivity (Wildman–Crippen MR) is 200 cm³/mol. The number of ether oxygens (including phenoxy) is 1. The molecule has 1 aliphatic heterocycles. The highest BCUT2D eigenvalue weighted by atomic mass is 16.5. The van der Waals surface area contributed by atoms with E-state index in [0.29, 0.717) is 5.54 Å². The molecule has 0 spiro atoms. The first-order valence-corrected chi connectivity index (χ1v) is 18.0. The lowest BCUT2D eigenvalue weighted by molar-refractivity contribution is 0.250. The largest absolute Gasteiger partial charge is 0.457 e. The first-order chi connectivity index (χ1) is 22.0. The van der Waals surface area contributed by atoms with Crippen LogP contribution < -0.4 is 10.1 Å². The third kappa shape index (κ3) is 13.6. The fraction of sp³-hybridized carbons (Fsp3) is 0.585. The number of hydrogen-bond acceptors (Lipinski definition) is 4. The Hall–Kier alpha value is -2.85. The molecule has 1 saturated carbocycles. The number of nitrogens with one attached hydrogen (secondary N) is 2. The number of benzene rings is 2. The highest BCUT2D eigenvalue weighted by Crippen LogP contribution is 2.40. The van der Waals surface area contributed by atoms with Crippen molar-refractivity contribution in [2.75, 3.05) is 20.1 Å². The normalized spacial score (nSPS) is 14.6. The molecule has 45 heavy (non-hydrogen) atoms. The van der Waals surface area contributed by atoms with Gasteiger partial charge in [0.05, 0.1) is 0 Å². The second kappa shape index (κ2) is 23.5. The average Bonchev–Trinajstić information content (AvgIpc) is 3.96. The number of piperidine rings is 1. The summed E-state index contributed by atoms with van der Waals surface area (Å²) in [7, 11) is 2.15. The van der Waals surface area contributed by atoms with Crippen LogP contribution in [0.25, 0.3) is 5.70 Å². The van der Waals surface area contributed by atoms with Crippen LogP contribution in [0, 0.1) is 11.3 Å². The molecule has 4 rings (SSSR count). The van der Waals surface area contributed by atoms with Gasteiger partial charge in [0.15, 0.2) is 0 Å². The maximum atomic E-state index is 5.91. The Balaban J connectivity index is 0.000000438. The second-order valence-electron chi connectivity index (χ2n) is 12.0. The minimum Gasteiger partial charge on any atom is -0.457 e. The monoisotopic (exact) mass is 618 g/mol. The van der Waals surface area contributed by atoms with Crippen molar-refractivity contribution < 1.29 is 4.74 Å². The summed E-state index contributed by atoms with van der Waals surface area (Å²) in [4.78, 5) is 2.56. The summed E-state index contributed by atoms with van der Waals surface area (Å²) in [6.07, 6.45) is 18.0. The minimum atomic E-state index is 0.317. The summed E-state index contributed by atoms with van der Waals surface area (Å²) in [6.45, 7) is 20.3. The standard InChI is InChI=1S/C23H29NO.C15H29N.C2H6.CH3N/c1-3-8-23(24-17-15-19(4-2)16-18-24)20-11-13-22(14-12-20)25-21-9-6-5-7-10-21;1-5-7-11-15(16-4,12-8-6-2)13(3)14-9-10-14;2*1-2/h5-14,19H,3-4,15-18H2,1-2H3;16H,5-12H2,1-4H3;1-2H3;2H,1H2/b23-8-;;;. The van der Waals surface area contributed by atoms with Crippen LogP contribution in [0.4, 0.5) is 0 Å². The number of likely N-dealkylation sites (N-methyl/N-ethyl adjacent to an activating group) is 1. The van der Waals surface area contributed by atoms with Crippen LogP contribution in [-0.4, -0.2) is 37.3 Å². The van der Waals surface area contributed by atoms with Gasteiger partial charge in [-0.15, -0.1) is 0 Å². The van der Waals surface area contributed by atoms with Gasteiger partial charge in [-0.1, -0.05) is 109 Å². The molecule has 0 aromatic heterocycles. The Bertz CT molecular complexity index is 1070. The molecule has 1 heterocycles. The molecule has 252 valence electrons. The number of allylic oxidation sites excluding steroid dienone is 2. The van der Waals surface area contributed by atoms with Crippen LogP contribution in [0.3, 0.4) is 0 Å². The summed E-state index contributed by atoms with van der Waals surface area (Å²) in [5, 5.41) is 9.15. The number of para-hydroxylation sites is 1. The SMILES string of the molecule is C=N.CC.CC/C=C(/c1ccc(Oc2ccccc2)cc1)N1CCC(CC)CC1.CCCCC(CCCC)(NC)C(C)=C1CC1. The van der Waals surface area contributed by atoms with Crippen LogP contribution in [0.5, 0.6) is 11.5 Å². The lowest BCUT2D eigenvalue weighted by Crippen LogP contribution is -2.44. The van der Waals surface area contributed by atoms with E-state index in [1.54, 1.807) is 11.1 Å². The van der Waals surface area contributed by atoms with Gasteiger partial charge in [-0.3, -0.25) is 0 Å². The summed E-state index contributed by atoms with van der Waals surface area (Å²) >= 11 is 0. The highest BCUT2D eigenvalue weighted by Gasteiger charge is 2.33. The summed E-state index contributed by atoms with van der Waals surface area (Å²) in [6, 6.07) is 18.5. The number of likely N-dealkylation sites (tertiary alicyclic amines) is 1. The molecule has 0 radical (unpaired) electrons. The molecule has 0 unspecified atom stereocenters. The van der Waals surface area contributed by atoms with Crippen molar-refractivity contribution in [3.8, 4) is 11.5 Å². The topological polar surface area (TPSA) is 48.4 Å². The number of rotatable bonds is 14. The fourth-order valence-corrected chi connectivity index (χ4v) is 6.19. The van der Waals surface area contributed by atoms with Crippen molar-refractivity contribution in [1.29, 1.82) is 5.41 Å². The predicted octanol–water partition coefficient (Wildman–Crippen LogP) is 12.1. The summed E-state index contributed by atoms with van der Waals surface area (Å²) in [5.41, 5.74) is 6.37. The summed E-state index contributed by atoms with van der Waals surface area (Å²) in [5.74, 6) is 2.66. The quantitative estimate of drug-likeness (QED) is 0.164. The van der Waals surface area contributed by atoms with Crippen LogP contribution in [0.1, 0.15) is 131 Å². The van der Waals surface area contributed by atoms with E-state index >= 15 is 0 Å². The zero-order chi connectivity index (χ0) is 33.5. The van der Waals surface area contributed by atoms with E-state index in [1.165, 1.54) is 95.0 Å². The number of hydrogen-bond donors (Lipinski definition) is 2. The Labute approximate surface area is 278 Å². The third-order valence-corrected chi connectivity index (χ3v) is 9.20. The molecule has 2 aromatic carbocycles. The van der Waals surface area contributed by atoms with E-state index in [2.05, 4.69) is 88.9 Å². The number of unbranched alkanes of at least 4 members (excludes halogenated alkanes) is 2. The molecule has 4 nitrogen and oxygen atoms in total. The molecule has 4 heteroatoms. The first-order valence-electron chi connectivity index (χ1n) is 18.0. The maximum absolute atomic E-state index is 5.91. The van der Waals surface area contributed by atoms with Crippen molar-refractivity contribution >= 4 is 12.4 Å². The van der Waals surface area contributed by atoms with Crippen molar-refractivity contribution in [1.82, 2.24) is 10.2 Å². The van der Waals surface area contributed by atoms with Crippen LogP contribution in [-0.2, 0) is 0 Å². The third-order valence-electron chi connectivity index (χ3n) is 9.20. The lowest BCUT2D eigenvalue weighted by Gasteiger charge is -2.35. The van der Waals surface area contributed by atoms with Gasteiger partial charge in [-0.05, 0) is 114 Å². The molecule has 0 atom stereocenters. The smallest absolute Gasteiger partial charge is 0.127 e. The van der Waals surface area contributed by atoms with Gasteiger partial charge in [0.25, 0.3) is 0 Å². The van der Waals surface area contributed by atoms with E-state index in [4.69, 9.17) is 10.1 Å². The van der Waals surface area contributed by atoms with Crippen molar-refractivity contribution in [2.45, 2.75) is 131 Å². The van der Waals surface area contributed by atoms with Crippen LogP contribution >= 0.6 is 0 Å². The Morgan fingerprint density at radius 1 is 0.889 bits per heavy atom. The van der Waals surface area contributed by atoms with E-state index < -0.39 is 0 Å². The maximum Gasteiger partial charge on any atom is 0.127 e. The van der Waals surface area contributed by atoms with Crippen molar-refractivity contribution in [3.63, 3.8) is 0 Å². The summed E-state index contributed by atoms with van der Waals surface area (Å²) < 4.78 is 5.91. The molecule has 2 aliphatic rings. The Morgan fingerprint density at radius 3 is 1.87 bits per heavy atom. The van der Waals surface area contributed by atoms with Gasteiger partial charge in [-0.2, -0.15) is 0 Å². The molecule has 0 amide bonds.